The van der Waals surface area contributed by atoms with E-state index < -0.39 is 0 Å². The molecular weight excluding hydrogens is 350 g/mol. The van der Waals surface area contributed by atoms with Crippen molar-refractivity contribution >= 4 is 27.5 Å². The third kappa shape index (κ3) is 3.60. The summed E-state index contributed by atoms with van der Waals surface area (Å²) in [5, 5.41) is 4.31. The Morgan fingerprint density at radius 2 is 2.00 bits per heavy atom. The maximum atomic E-state index is 6.28. The second-order valence-corrected chi connectivity index (χ2v) is 6.15. The van der Waals surface area contributed by atoms with Gasteiger partial charge in [-0.05, 0) is 48.9 Å². The van der Waals surface area contributed by atoms with Gasteiger partial charge in [0.2, 0.25) is 0 Å². The summed E-state index contributed by atoms with van der Waals surface area (Å²) in [6.45, 7) is 5.00. The number of rotatable bonds is 5. The fourth-order valence-electron chi connectivity index (χ4n) is 2.46. The largest absolute Gasteiger partial charge is 0.496 e. The Labute approximate surface area is 139 Å². The average Bonchev–Trinajstić information content (AvgIpc) is 2.48. The van der Waals surface area contributed by atoms with Crippen LogP contribution < -0.4 is 10.1 Å². The molecule has 0 spiro atoms. The Bertz CT molecular complexity index is 630. The highest BCUT2D eigenvalue weighted by Crippen LogP contribution is 2.35. The van der Waals surface area contributed by atoms with Crippen LogP contribution in [0.3, 0.4) is 0 Å². The van der Waals surface area contributed by atoms with Crippen LogP contribution in [0.2, 0.25) is 5.02 Å². The predicted molar refractivity (Wildman–Crippen MR) is 92.4 cm³/mol. The summed E-state index contributed by atoms with van der Waals surface area (Å²) in [4.78, 5) is 0. The van der Waals surface area contributed by atoms with Gasteiger partial charge in [0.1, 0.15) is 5.75 Å². The summed E-state index contributed by atoms with van der Waals surface area (Å²) in [6, 6.07) is 12.1. The summed E-state index contributed by atoms with van der Waals surface area (Å²) in [6.07, 6.45) is 0. The number of ether oxygens (including phenoxy) is 1. The Kier molecular flexibility index (Phi) is 5.68. The number of benzene rings is 2. The van der Waals surface area contributed by atoms with Crippen molar-refractivity contribution in [3.8, 4) is 5.75 Å². The van der Waals surface area contributed by atoms with Gasteiger partial charge in [-0.25, -0.2) is 0 Å². The van der Waals surface area contributed by atoms with E-state index in [1.165, 1.54) is 5.56 Å². The average molecular weight is 369 g/mol. The normalized spacial score (nSPS) is 12.2. The van der Waals surface area contributed by atoms with E-state index in [0.717, 1.165) is 32.9 Å². The van der Waals surface area contributed by atoms with Crippen molar-refractivity contribution < 1.29 is 4.74 Å². The van der Waals surface area contributed by atoms with Crippen LogP contribution in [-0.4, -0.2) is 13.7 Å². The van der Waals surface area contributed by atoms with Crippen LogP contribution in [0.1, 0.15) is 29.7 Å². The molecule has 0 aromatic heterocycles. The molecule has 0 aliphatic rings. The molecule has 0 fully saturated rings. The van der Waals surface area contributed by atoms with E-state index in [-0.39, 0.29) is 6.04 Å². The van der Waals surface area contributed by atoms with Gasteiger partial charge in [-0.3, -0.25) is 0 Å². The molecule has 0 heterocycles. The van der Waals surface area contributed by atoms with Gasteiger partial charge >= 0.3 is 0 Å². The Hall–Kier alpha value is -1.03. The van der Waals surface area contributed by atoms with Crippen molar-refractivity contribution in [3.63, 3.8) is 0 Å². The number of hydrogen-bond acceptors (Lipinski definition) is 2. The Morgan fingerprint density at radius 3 is 2.67 bits per heavy atom. The van der Waals surface area contributed by atoms with Gasteiger partial charge in [0.25, 0.3) is 0 Å². The lowest BCUT2D eigenvalue weighted by atomic mass is 9.94. The van der Waals surface area contributed by atoms with E-state index >= 15 is 0 Å². The van der Waals surface area contributed by atoms with Crippen LogP contribution in [0.5, 0.6) is 5.75 Å². The minimum absolute atomic E-state index is 0.0427. The minimum Gasteiger partial charge on any atom is -0.496 e. The van der Waals surface area contributed by atoms with Crippen LogP contribution in [-0.2, 0) is 0 Å². The highest BCUT2D eigenvalue weighted by Gasteiger charge is 2.20. The van der Waals surface area contributed by atoms with Gasteiger partial charge < -0.3 is 10.1 Å². The second kappa shape index (κ2) is 7.30. The molecule has 0 bridgehead atoms. The van der Waals surface area contributed by atoms with Gasteiger partial charge in [-0.2, -0.15) is 0 Å². The van der Waals surface area contributed by atoms with Crippen molar-refractivity contribution in [2.45, 2.75) is 19.9 Å². The van der Waals surface area contributed by atoms with E-state index in [4.69, 9.17) is 16.3 Å². The maximum absolute atomic E-state index is 6.28. The van der Waals surface area contributed by atoms with Crippen LogP contribution in [0.4, 0.5) is 0 Å². The summed E-state index contributed by atoms with van der Waals surface area (Å²) in [5.41, 5.74) is 3.35. The maximum Gasteiger partial charge on any atom is 0.124 e. The fourth-order valence-corrected chi connectivity index (χ4v) is 3.02. The molecule has 0 saturated heterocycles. The minimum atomic E-state index is 0.0427. The zero-order chi connectivity index (χ0) is 15.4. The molecule has 2 aromatic carbocycles. The van der Waals surface area contributed by atoms with Crippen molar-refractivity contribution in [1.29, 1.82) is 0 Å². The molecule has 2 aromatic rings. The predicted octanol–water partition coefficient (Wildman–Crippen LogP) is 5.12. The molecule has 1 N–H and O–H groups in total. The Balaban J connectivity index is 2.58. The lowest BCUT2D eigenvalue weighted by molar-refractivity contribution is 0.404. The summed E-state index contributed by atoms with van der Waals surface area (Å²) in [7, 11) is 1.70. The highest BCUT2D eigenvalue weighted by atomic mass is 79.9. The zero-order valence-electron chi connectivity index (χ0n) is 12.4. The molecule has 2 rings (SSSR count). The van der Waals surface area contributed by atoms with Gasteiger partial charge in [0.15, 0.2) is 0 Å². The van der Waals surface area contributed by atoms with Gasteiger partial charge in [0, 0.05) is 15.1 Å². The van der Waals surface area contributed by atoms with Crippen LogP contribution in [0, 0.1) is 6.92 Å². The first-order valence-electron chi connectivity index (χ1n) is 6.90. The first-order valence-corrected chi connectivity index (χ1v) is 8.07. The first-order chi connectivity index (χ1) is 10.1. The van der Waals surface area contributed by atoms with E-state index in [1.54, 1.807) is 7.11 Å². The van der Waals surface area contributed by atoms with Gasteiger partial charge in [-0.15, -0.1) is 0 Å². The van der Waals surface area contributed by atoms with E-state index in [1.807, 2.05) is 31.2 Å². The molecular formula is C17H19BrClNO. The van der Waals surface area contributed by atoms with Gasteiger partial charge in [-0.1, -0.05) is 46.6 Å². The number of methoxy groups -OCH3 is 1. The number of hydrogen-bond donors (Lipinski definition) is 1. The molecule has 0 amide bonds. The second-order valence-electron chi connectivity index (χ2n) is 4.83. The van der Waals surface area contributed by atoms with Crippen LogP contribution in [0.25, 0.3) is 0 Å². The fraction of sp³-hybridized carbons (Fsp3) is 0.294. The van der Waals surface area contributed by atoms with Crippen molar-refractivity contribution in [2.24, 2.45) is 0 Å². The number of nitrogens with one attached hydrogen (secondary N) is 1. The van der Waals surface area contributed by atoms with E-state index in [9.17, 15) is 0 Å². The third-order valence-corrected chi connectivity index (χ3v) is 4.43. The smallest absolute Gasteiger partial charge is 0.124 e. The van der Waals surface area contributed by atoms with Crippen molar-refractivity contribution in [2.75, 3.05) is 13.7 Å². The van der Waals surface area contributed by atoms with E-state index in [0.29, 0.717) is 0 Å². The molecule has 0 aliphatic carbocycles. The standard InChI is InChI=1S/C17H19BrClNO/c1-4-20-17(13-6-5-7-15(19)11(13)2)14-10-12(18)8-9-16(14)21-3/h5-10,17,20H,4H2,1-3H3. The molecule has 112 valence electrons. The summed E-state index contributed by atoms with van der Waals surface area (Å²) in [5.74, 6) is 0.864. The lowest BCUT2D eigenvalue weighted by Gasteiger charge is -2.23. The monoisotopic (exact) mass is 367 g/mol. The van der Waals surface area contributed by atoms with Gasteiger partial charge in [0.05, 0.1) is 13.2 Å². The molecule has 1 atom stereocenters. The zero-order valence-corrected chi connectivity index (χ0v) is 14.8. The quantitative estimate of drug-likeness (QED) is 0.791. The molecule has 21 heavy (non-hydrogen) atoms. The SMILES string of the molecule is CCNC(c1cc(Br)ccc1OC)c1cccc(Cl)c1C. The van der Waals surface area contributed by atoms with Crippen LogP contribution >= 0.6 is 27.5 Å². The molecule has 0 radical (unpaired) electrons. The molecule has 2 nitrogen and oxygen atoms in total. The van der Waals surface area contributed by atoms with Crippen molar-refractivity contribution in [1.82, 2.24) is 5.32 Å². The van der Waals surface area contributed by atoms with Crippen LogP contribution in [0.15, 0.2) is 40.9 Å². The van der Waals surface area contributed by atoms with Crippen molar-refractivity contribution in [3.05, 3.63) is 62.6 Å². The Morgan fingerprint density at radius 1 is 1.24 bits per heavy atom. The molecule has 0 aliphatic heterocycles. The third-order valence-electron chi connectivity index (χ3n) is 3.53. The molecule has 0 saturated carbocycles. The summed E-state index contributed by atoms with van der Waals surface area (Å²) < 4.78 is 6.55. The lowest BCUT2D eigenvalue weighted by Crippen LogP contribution is -2.23. The van der Waals surface area contributed by atoms with E-state index in [2.05, 4.69) is 40.3 Å². The number of halogens is 2. The highest BCUT2D eigenvalue weighted by molar-refractivity contribution is 9.10. The summed E-state index contributed by atoms with van der Waals surface area (Å²) >= 11 is 9.82. The first kappa shape index (κ1) is 16.3. The molecule has 1 unspecified atom stereocenters. The molecule has 4 heteroatoms. The topological polar surface area (TPSA) is 21.3 Å².